The van der Waals surface area contributed by atoms with Crippen molar-refractivity contribution in [1.29, 1.82) is 0 Å². The number of nitrogens with zero attached hydrogens (tertiary/aromatic N) is 2. The van der Waals surface area contributed by atoms with Crippen molar-refractivity contribution in [1.82, 2.24) is 9.88 Å². The van der Waals surface area contributed by atoms with Crippen molar-refractivity contribution in [2.24, 2.45) is 0 Å². The van der Waals surface area contributed by atoms with E-state index in [1.54, 1.807) is 20.4 Å². The average molecular weight is 435 g/mol. The van der Waals surface area contributed by atoms with Crippen molar-refractivity contribution in [2.45, 2.75) is 32.1 Å². The van der Waals surface area contributed by atoms with Crippen LogP contribution < -0.4 is 14.2 Å². The number of ketones is 1. The molecule has 4 rings (SSSR count). The summed E-state index contributed by atoms with van der Waals surface area (Å²) in [6, 6.07) is 13.3. The van der Waals surface area contributed by atoms with Crippen LogP contribution in [-0.4, -0.2) is 49.5 Å². The molecule has 1 aliphatic heterocycles. The number of benzene rings is 2. The van der Waals surface area contributed by atoms with E-state index in [9.17, 15) is 4.79 Å². The van der Waals surface area contributed by atoms with E-state index in [-0.39, 0.29) is 5.78 Å². The summed E-state index contributed by atoms with van der Waals surface area (Å²) in [5.74, 6) is 2.92. The van der Waals surface area contributed by atoms with Crippen LogP contribution in [0, 0.1) is 0 Å². The topological polar surface area (TPSA) is 60.9 Å². The Kier molecular flexibility index (Phi) is 7.22. The molecule has 1 saturated heterocycles. The lowest BCUT2D eigenvalue weighted by Gasteiger charge is -2.25. The van der Waals surface area contributed by atoms with Crippen molar-refractivity contribution in [2.75, 3.05) is 33.9 Å². The summed E-state index contributed by atoms with van der Waals surface area (Å²) in [5.41, 5.74) is 1.77. The summed E-state index contributed by atoms with van der Waals surface area (Å²) in [6.45, 7) is 3.13. The lowest BCUT2D eigenvalue weighted by Crippen LogP contribution is -2.31. The number of fused-ring (bicyclic) bond motifs is 1. The number of ether oxygens (including phenoxy) is 3. The number of carbonyl (C=O) groups excluding carboxylic acids is 1. The van der Waals surface area contributed by atoms with E-state index in [1.165, 1.54) is 19.3 Å². The van der Waals surface area contributed by atoms with Gasteiger partial charge in [-0.1, -0.05) is 18.6 Å². The molecule has 0 atom stereocenters. The number of methoxy groups -OCH3 is 2. The molecule has 6 heteroatoms. The predicted molar refractivity (Wildman–Crippen MR) is 125 cm³/mol. The first-order valence-electron chi connectivity index (χ1n) is 11.2. The maximum atomic E-state index is 12.4. The van der Waals surface area contributed by atoms with Crippen LogP contribution in [0.1, 0.15) is 31.2 Å². The first-order chi connectivity index (χ1) is 15.7. The van der Waals surface area contributed by atoms with Gasteiger partial charge in [0.15, 0.2) is 11.5 Å². The first-order valence-corrected chi connectivity index (χ1v) is 11.2. The van der Waals surface area contributed by atoms with Gasteiger partial charge in [-0.25, -0.2) is 0 Å². The number of carbonyl (C=O) groups is 1. The first kappa shape index (κ1) is 22.1. The van der Waals surface area contributed by atoms with Crippen LogP contribution in [0.5, 0.6) is 23.0 Å². The molecule has 6 nitrogen and oxygen atoms in total. The number of hydrogen-bond donors (Lipinski definition) is 0. The summed E-state index contributed by atoms with van der Waals surface area (Å²) in [5, 5.41) is 0.835. The van der Waals surface area contributed by atoms with Crippen molar-refractivity contribution in [3.8, 4) is 23.0 Å². The molecule has 0 radical (unpaired) electrons. The summed E-state index contributed by atoms with van der Waals surface area (Å²) >= 11 is 0. The second-order valence-electron chi connectivity index (χ2n) is 8.15. The van der Waals surface area contributed by atoms with Gasteiger partial charge in [0, 0.05) is 37.0 Å². The highest BCUT2D eigenvalue weighted by atomic mass is 16.5. The number of likely N-dealkylation sites (tertiary alicyclic amines) is 1. The number of pyridine rings is 1. The quantitative estimate of drug-likeness (QED) is 0.471. The maximum absolute atomic E-state index is 12.4. The zero-order chi connectivity index (χ0) is 22.3. The lowest BCUT2D eigenvalue weighted by atomic mass is 10.1. The standard InChI is InChI=1S/C26H30N2O4/c1-30-25-17-22-23(18-26(25)31-2)27-12-10-24(22)32-21-8-6-19(7-9-21)16-20(29)11-15-28-13-4-3-5-14-28/h6-10,12,17-18H,3-5,11,13-16H2,1-2H3. The van der Waals surface area contributed by atoms with Crippen molar-refractivity contribution in [3.63, 3.8) is 0 Å². The van der Waals surface area contributed by atoms with E-state index in [4.69, 9.17) is 14.2 Å². The van der Waals surface area contributed by atoms with Crippen LogP contribution in [0.15, 0.2) is 48.7 Å². The Morgan fingerprint density at radius 2 is 1.66 bits per heavy atom. The fourth-order valence-corrected chi connectivity index (χ4v) is 4.12. The van der Waals surface area contributed by atoms with Gasteiger partial charge in [-0.3, -0.25) is 9.78 Å². The lowest BCUT2D eigenvalue weighted by molar-refractivity contribution is -0.118. The highest BCUT2D eigenvalue weighted by Crippen LogP contribution is 2.36. The van der Waals surface area contributed by atoms with Crippen LogP contribution in [0.3, 0.4) is 0 Å². The minimum Gasteiger partial charge on any atom is -0.493 e. The molecule has 3 aromatic rings. The predicted octanol–water partition coefficient (Wildman–Crippen LogP) is 5.03. The molecule has 1 fully saturated rings. The summed E-state index contributed by atoms with van der Waals surface area (Å²) < 4.78 is 16.9. The van der Waals surface area contributed by atoms with Gasteiger partial charge in [0.25, 0.3) is 0 Å². The number of rotatable bonds is 9. The van der Waals surface area contributed by atoms with Crippen molar-refractivity contribution < 1.29 is 19.0 Å². The van der Waals surface area contributed by atoms with Crippen LogP contribution in [0.2, 0.25) is 0 Å². The molecule has 2 aromatic carbocycles. The van der Waals surface area contributed by atoms with Gasteiger partial charge in [-0.2, -0.15) is 0 Å². The molecule has 0 unspecified atom stereocenters. The maximum Gasteiger partial charge on any atom is 0.162 e. The summed E-state index contributed by atoms with van der Waals surface area (Å²) in [6.07, 6.45) is 6.61. The molecule has 0 amide bonds. The van der Waals surface area contributed by atoms with Crippen molar-refractivity contribution in [3.05, 3.63) is 54.2 Å². The zero-order valence-corrected chi connectivity index (χ0v) is 18.8. The Labute approximate surface area is 189 Å². The van der Waals surface area contributed by atoms with E-state index >= 15 is 0 Å². The van der Waals surface area contributed by atoms with E-state index in [2.05, 4.69) is 9.88 Å². The van der Waals surface area contributed by atoms with Gasteiger partial charge in [0.1, 0.15) is 17.3 Å². The van der Waals surface area contributed by atoms with Crippen molar-refractivity contribution >= 4 is 16.7 Å². The molecule has 0 spiro atoms. The van der Waals surface area contributed by atoms with Gasteiger partial charge in [0.05, 0.1) is 19.7 Å². The highest BCUT2D eigenvalue weighted by molar-refractivity contribution is 5.88. The van der Waals surface area contributed by atoms with Crippen LogP contribution >= 0.6 is 0 Å². The molecular weight excluding hydrogens is 404 g/mol. The smallest absolute Gasteiger partial charge is 0.162 e. The van der Waals surface area contributed by atoms with E-state index in [1.807, 2.05) is 42.5 Å². The highest BCUT2D eigenvalue weighted by Gasteiger charge is 2.13. The van der Waals surface area contributed by atoms with Crippen LogP contribution in [0.4, 0.5) is 0 Å². The summed E-state index contributed by atoms with van der Waals surface area (Å²) in [7, 11) is 3.21. The molecule has 168 valence electrons. The fraction of sp³-hybridized carbons (Fsp3) is 0.385. The van der Waals surface area contributed by atoms with Gasteiger partial charge in [-0.15, -0.1) is 0 Å². The normalized spacial score (nSPS) is 14.3. The Balaban J connectivity index is 1.40. The number of hydrogen-bond acceptors (Lipinski definition) is 6. The van der Waals surface area contributed by atoms with Gasteiger partial charge < -0.3 is 19.1 Å². The minimum atomic E-state index is 0.283. The SMILES string of the molecule is COc1cc2nccc(Oc3ccc(CC(=O)CCN4CCCCC4)cc3)c2cc1OC. The molecule has 1 aromatic heterocycles. The van der Waals surface area contributed by atoms with Gasteiger partial charge in [-0.05, 0) is 55.8 Å². The molecular formula is C26H30N2O4. The minimum absolute atomic E-state index is 0.283. The molecule has 0 bridgehead atoms. The molecule has 32 heavy (non-hydrogen) atoms. The second-order valence-corrected chi connectivity index (χ2v) is 8.15. The largest absolute Gasteiger partial charge is 0.493 e. The Hall–Kier alpha value is -3.12. The van der Waals surface area contributed by atoms with Crippen LogP contribution in [-0.2, 0) is 11.2 Å². The molecule has 0 N–H and O–H groups in total. The fourth-order valence-electron chi connectivity index (χ4n) is 4.12. The van der Waals surface area contributed by atoms with E-state index < -0.39 is 0 Å². The average Bonchev–Trinajstić information content (AvgIpc) is 2.84. The number of Topliss-reactive ketones (excluding diaryl/α,β-unsaturated/α-hetero) is 1. The third-order valence-corrected chi connectivity index (χ3v) is 5.91. The number of piperidine rings is 1. The Bertz CT molecular complexity index is 1060. The van der Waals surface area contributed by atoms with Gasteiger partial charge >= 0.3 is 0 Å². The van der Waals surface area contributed by atoms with Gasteiger partial charge in [0.2, 0.25) is 0 Å². The monoisotopic (exact) mass is 434 g/mol. The molecule has 0 saturated carbocycles. The number of aromatic nitrogens is 1. The van der Waals surface area contributed by atoms with Crippen LogP contribution in [0.25, 0.3) is 10.9 Å². The molecule has 2 heterocycles. The Morgan fingerprint density at radius 3 is 2.38 bits per heavy atom. The van der Waals surface area contributed by atoms with E-state index in [0.717, 1.165) is 36.1 Å². The Morgan fingerprint density at radius 1 is 0.938 bits per heavy atom. The third-order valence-electron chi connectivity index (χ3n) is 5.91. The van der Waals surface area contributed by atoms with E-state index in [0.29, 0.717) is 35.8 Å². The second kappa shape index (κ2) is 10.5. The molecule has 0 aliphatic carbocycles. The zero-order valence-electron chi connectivity index (χ0n) is 18.8. The summed E-state index contributed by atoms with van der Waals surface area (Å²) in [4.78, 5) is 19.2. The third kappa shape index (κ3) is 5.37. The molecule has 1 aliphatic rings.